The third kappa shape index (κ3) is 5.25. The molecule has 1 aromatic rings. The van der Waals surface area contributed by atoms with Gasteiger partial charge in [-0.15, -0.1) is 0 Å². The highest BCUT2D eigenvalue weighted by atomic mass is 32.2. The molecule has 0 aliphatic heterocycles. The van der Waals surface area contributed by atoms with Crippen LogP contribution in [-0.2, 0) is 10.0 Å². The monoisotopic (exact) mass is 288 g/mol. The number of sulfonamides is 1. The van der Waals surface area contributed by atoms with Crippen LogP contribution in [-0.4, -0.2) is 21.0 Å². The van der Waals surface area contributed by atoms with Gasteiger partial charge in [0, 0.05) is 6.54 Å². The topological polar surface area (TPSA) is 75.3 Å². The van der Waals surface area contributed by atoms with Gasteiger partial charge in [0.15, 0.2) is 0 Å². The molecule has 0 fully saturated rings. The summed E-state index contributed by atoms with van der Waals surface area (Å²) in [4.78, 5) is 11.2. The predicted octanol–water partition coefficient (Wildman–Crippen LogP) is 1.86. The number of carbonyl (C=O) groups is 1. The second kappa shape index (κ2) is 6.51. The molecule has 0 radical (unpaired) electrons. The predicted molar refractivity (Wildman–Crippen MR) is 69.6 cm³/mol. The molecule has 2 amide bonds. The van der Waals surface area contributed by atoms with E-state index in [2.05, 4.69) is 5.32 Å². The zero-order valence-corrected chi connectivity index (χ0v) is 11.6. The average Bonchev–Trinajstić information content (AvgIpc) is 2.28. The van der Waals surface area contributed by atoms with E-state index in [0.717, 1.165) is 30.7 Å². The quantitative estimate of drug-likeness (QED) is 0.868. The molecule has 0 saturated heterocycles. The van der Waals surface area contributed by atoms with E-state index in [1.165, 1.54) is 0 Å². The summed E-state index contributed by atoms with van der Waals surface area (Å²) in [5.41, 5.74) is 0. The third-order valence-corrected chi connectivity index (χ3v) is 3.71. The molecule has 0 unspecified atom stereocenters. The molecule has 0 aliphatic rings. The van der Waals surface area contributed by atoms with Crippen molar-refractivity contribution in [1.29, 1.82) is 0 Å². The lowest BCUT2D eigenvalue weighted by Crippen LogP contribution is -2.40. The molecule has 1 aromatic carbocycles. The van der Waals surface area contributed by atoms with Gasteiger partial charge in [-0.05, 0) is 36.6 Å². The van der Waals surface area contributed by atoms with Crippen LogP contribution in [0.4, 0.5) is 9.18 Å². The van der Waals surface area contributed by atoms with E-state index in [0.29, 0.717) is 12.5 Å². The van der Waals surface area contributed by atoms with Crippen molar-refractivity contribution in [3.8, 4) is 0 Å². The van der Waals surface area contributed by atoms with E-state index in [1.54, 1.807) is 0 Å². The van der Waals surface area contributed by atoms with Crippen molar-refractivity contribution in [2.75, 3.05) is 6.54 Å². The molecule has 106 valence electrons. The molecule has 2 N–H and O–H groups in total. The molecule has 0 aromatic heterocycles. The fourth-order valence-corrected chi connectivity index (χ4v) is 2.23. The Kier molecular flexibility index (Phi) is 5.29. The van der Waals surface area contributed by atoms with Gasteiger partial charge >= 0.3 is 6.03 Å². The SMILES string of the molecule is CC(C)CCNC(=O)NS(=O)(=O)c1ccc(F)cc1. The molecular weight excluding hydrogens is 271 g/mol. The number of benzene rings is 1. The summed E-state index contributed by atoms with van der Waals surface area (Å²) < 4.78 is 38.1. The van der Waals surface area contributed by atoms with Gasteiger partial charge in [0.2, 0.25) is 0 Å². The first-order valence-corrected chi connectivity index (χ1v) is 7.36. The number of amides is 2. The molecular formula is C12H17FN2O3S. The summed E-state index contributed by atoms with van der Waals surface area (Å²) in [6, 6.07) is 3.44. The van der Waals surface area contributed by atoms with Crippen LogP contribution in [0.5, 0.6) is 0 Å². The normalized spacial score (nSPS) is 11.4. The van der Waals surface area contributed by atoms with Gasteiger partial charge in [0.1, 0.15) is 5.82 Å². The maximum atomic E-state index is 12.7. The fourth-order valence-electron chi connectivity index (χ4n) is 1.31. The van der Waals surface area contributed by atoms with Crippen LogP contribution in [0.25, 0.3) is 0 Å². The number of carbonyl (C=O) groups excluding carboxylic acids is 1. The zero-order chi connectivity index (χ0) is 14.5. The lowest BCUT2D eigenvalue weighted by molar-refractivity contribution is 0.245. The van der Waals surface area contributed by atoms with Gasteiger partial charge in [-0.2, -0.15) is 0 Å². The Bertz CT molecular complexity index is 526. The minimum atomic E-state index is -3.96. The zero-order valence-electron chi connectivity index (χ0n) is 10.8. The molecule has 0 saturated carbocycles. The van der Waals surface area contributed by atoms with Gasteiger partial charge in [-0.1, -0.05) is 13.8 Å². The number of nitrogens with one attached hydrogen (secondary N) is 2. The summed E-state index contributed by atoms with van der Waals surface area (Å²) in [6.45, 7) is 4.38. The van der Waals surface area contributed by atoms with Crippen LogP contribution >= 0.6 is 0 Å². The van der Waals surface area contributed by atoms with Crippen molar-refractivity contribution in [1.82, 2.24) is 10.0 Å². The lowest BCUT2D eigenvalue weighted by atomic mass is 10.1. The third-order valence-electron chi connectivity index (χ3n) is 2.36. The highest BCUT2D eigenvalue weighted by Crippen LogP contribution is 2.09. The largest absolute Gasteiger partial charge is 0.337 e. The first-order chi connectivity index (χ1) is 8.81. The standard InChI is InChI=1S/C12H17FN2O3S/c1-9(2)7-8-14-12(16)15-19(17,18)11-5-3-10(13)4-6-11/h3-6,9H,7-8H2,1-2H3,(H2,14,15,16). The van der Waals surface area contributed by atoms with E-state index in [1.807, 2.05) is 18.6 Å². The van der Waals surface area contributed by atoms with Crippen molar-refractivity contribution in [3.05, 3.63) is 30.1 Å². The molecule has 0 aliphatic carbocycles. The highest BCUT2D eigenvalue weighted by molar-refractivity contribution is 7.90. The number of hydrogen-bond acceptors (Lipinski definition) is 3. The van der Waals surface area contributed by atoms with Gasteiger partial charge < -0.3 is 5.32 Å². The maximum absolute atomic E-state index is 12.7. The molecule has 0 bridgehead atoms. The van der Waals surface area contributed by atoms with Crippen LogP contribution in [0.15, 0.2) is 29.2 Å². The van der Waals surface area contributed by atoms with E-state index < -0.39 is 21.9 Å². The minimum Gasteiger partial charge on any atom is -0.337 e. The Morgan fingerprint density at radius 3 is 2.37 bits per heavy atom. The summed E-state index contributed by atoms with van der Waals surface area (Å²) in [7, 11) is -3.96. The number of rotatable bonds is 5. The second-order valence-corrected chi connectivity index (χ2v) is 6.18. The van der Waals surface area contributed by atoms with Gasteiger partial charge in [-0.3, -0.25) is 0 Å². The van der Waals surface area contributed by atoms with Crippen molar-refractivity contribution in [2.45, 2.75) is 25.2 Å². The summed E-state index contributed by atoms with van der Waals surface area (Å²) in [5, 5.41) is 2.45. The van der Waals surface area contributed by atoms with Crippen LogP contribution in [0.2, 0.25) is 0 Å². The lowest BCUT2D eigenvalue weighted by Gasteiger charge is -2.09. The van der Waals surface area contributed by atoms with Crippen molar-refractivity contribution < 1.29 is 17.6 Å². The molecule has 7 heteroatoms. The van der Waals surface area contributed by atoms with E-state index in [4.69, 9.17) is 0 Å². The Hall–Kier alpha value is -1.63. The fraction of sp³-hybridized carbons (Fsp3) is 0.417. The Morgan fingerprint density at radius 1 is 1.26 bits per heavy atom. The van der Waals surface area contributed by atoms with E-state index >= 15 is 0 Å². The van der Waals surface area contributed by atoms with Gasteiger partial charge in [0.25, 0.3) is 10.0 Å². The van der Waals surface area contributed by atoms with Crippen molar-refractivity contribution in [2.24, 2.45) is 5.92 Å². The first kappa shape index (κ1) is 15.4. The average molecular weight is 288 g/mol. The van der Waals surface area contributed by atoms with Gasteiger partial charge in [0.05, 0.1) is 4.90 Å². The molecule has 0 heterocycles. The number of hydrogen-bond donors (Lipinski definition) is 2. The molecule has 1 rings (SSSR count). The van der Waals surface area contributed by atoms with Crippen LogP contribution in [0.1, 0.15) is 20.3 Å². The van der Waals surface area contributed by atoms with Crippen LogP contribution < -0.4 is 10.0 Å². The molecule has 0 atom stereocenters. The second-order valence-electron chi connectivity index (χ2n) is 4.50. The Morgan fingerprint density at radius 2 is 1.84 bits per heavy atom. The van der Waals surface area contributed by atoms with Gasteiger partial charge in [-0.25, -0.2) is 22.3 Å². The molecule has 19 heavy (non-hydrogen) atoms. The first-order valence-electron chi connectivity index (χ1n) is 5.87. The maximum Gasteiger partial charge on any atom is 0.328 e. The van der Waals surface area contributed by atoms with Crippen LogP contribution in [0, 0.1) is 11.7 Å². The minimum absolute atomic E-state index is 0.159. The van der Waals surface area contributed by atoms with E-state index in [9.17, 15) is 17.6 Å². The number of urea groups is 1. The van der Waals surface area contributed by atoms with Crippen molar-refractivity contribution in [3.63, 3.8) is 0 Å². The molecule has 0 spiro atoms. The smallest absolute Gasteiger partial charge is 0.328 e. The Labute approximate surface area is 112 Å². The molecule has 5 nitrogen and oxygen atoms in total. The van der Waals surface area contributed by atoms with Crippen molar-refractivity contribution >= 4 is 16.1 Å². The van der Waals surface area contributed by atoms with E-state index in [-0.39, 0.29) is 4.90 Å². The number of halogens is 1. The highest BCUT2D eigenvalue weighted by Gasteiger charge is 2.17. The van der Waals surface area contributed by atoms with Crippen LogP contribution in [0.3, 0.4) is 0 Å². The Balaban J connectivity index is 2.59. The summed E-state index contributed by atoms with van der Waals surface area (Å²) in [5.74, 6) is -0.130. The summed E-state index contributed by atoms with van der Waals surface area (Å²) in [6.07, 6.45) is 0.754. The summed E-state index contributed by atoms with van der Waals surface area (Å²) >= 11 is 0.